The zero-order valence-corrected chi connectivity index (χ0v) is 12.5. The highest BCUT2D eigenvalue weighted by Crippen LogP contribution is 2.29. The molecule has 0 aliphatic carbocycles. The van der Waals surface area contributed by atoms with E-state index in [1.54, 1.807) is 7.11 Å². The number of nitrogens with one attached hydrogen (secondary N) is 1. The van der Waals surface area contributed by atoms with Crippen LogP contribution in [0.3, 0.4) is 0 Å². The maximum atomic E-state index is 5.84. The Morgan fingerprint density at radius 2 is 1.48 bits per heavy atom. The first kappa shape index (κ1) is 15.7. The Morgan fingerprint density at radius 1 is 0.952 bits per heavy atom. The highest BCUT2D eigenvalue weighted by atomic mass is 16.5. The van der Waals surface area contributed by atoms with Crippen molar-refractivity contribution >= 4 is 0 Å². The third-order valence-electron chi connectivity index (χ3n) is 3.80. The molecule has 112 valence electrons. The first-order valence-corrected chi connectivity index (χ1v) is 7.41. The van der Waals surface area contributed by atoms with Gasteiger partial charge in [-0.3, -0.25) is 11.3 Å². The molecule has 0 aliphatic heterocycles. The third-order valence-corrected chi connectivity index (χ3v) is 3.80. The van der Waals surface area contributed by atoms with Gasteiger partial charge in [-0.2, -0.15) is 0 Å². The van der Waals surface area contributed by atoms with Gasteiger partial charge >= 0.3 is 0 Å². The van der Waals surface area contributed by atoms with Gasteiger partial charge in [-0.05, 0) is 24.0 Å². The van der Waals surface area contributed by atoms with Crippen molar-refractivity contribution in [2.45, 2.75) is 24.8 Å². The van der Waals surface area contributed by atoms with Crippen LogP contribution in [0.15, 0.2) is 60.7 Å². The molecule has 0 radical (unpaired) electrons. The maximum absolute atomic E-state index is 5.84. The Morgan fingerprint density at radius 3 is 1.90 bits per heavy atom. The van der Waals surface area contributed by atoms with Gasteiger partial charge in [-0.15, -0.1) is 0 Å². The van der Waals surface area contributed by atoms with Gasteiger partial charge in [0.05, 0.1) is 0 Å². The molecule has 2 aromatic carbocycles. The minimum Gasteiger partial charge on any atom is -0.385 e. The average molecular weight is 284 g/mol. The van der Waals surface area contributed by atoms with Gasteiger partial charge in [-0.1, -0.05) is 60.7 Å². The van der Waals surface area contributed by atoms with Crippen molar-refractivity contribution in [3.8, 4) is 0 Å². The Bertz CT molecular complexity index is 462. The molecule has 0 spiro atoms. The highest BCUT2D eigenvalue weighted by Gasteiger charge is 2.23. The second-order valence-electron chi connectivity index (χ2n) is 5.21. The number of hydrogen-bond acceptors (Lipinski definition) is 3. The lowest BCUT2D eigenvalue weighted by molar-refractivity contribution is 0.187. The van der Waals surface area contributed by atoms with E-state index in [4.69, 9.17) is 10.6 Å². The molecule has 2 rings (SSSR count). The number of ether oxygens (including phenoxy) is 1. The van der Waals surface area contributed by atoms with E-state index in [9.17, 15) is 0 Å². The monoisotopic (exact) mass is 284 g/mol. The van der Waals surface area contributed by atoms with Gasteiger partial charge in [0.25, 0.3) is 0 Å². The number of methoxy groups -OCH3 is 1. The zero-order valence-electron chi connectivity index (χ0n) is 12.5. The normalized spacial score (nSPS) is 12.5. The highest BCUT2D eigenvalue weighted by molar-refractivity contribution is 5.34. The van der Waals surface area contributed by atoms with E-state index in [1.807, 2.05) is 12.1 Å². The van der Waals surface area contributed by atoms with Crippen LogP contribution in [0.2, 0.25) is 0 Å². The van der Waals surface area contributed by atoms with Gasteiger partial charge in [0.15, 0.2) is 0 Å². The van der Waals surface area contributed by atoms with Crippen molar-refractivity contribution in [2.24, 2.45) is 5.84 Å². The Hall–Kier alpha value is -1.68. The number of nitrogens with two attached hydrogens (primary N) is 1. The first-order valence-electron chi connectivity index (χ1n) is 7.41. The summed E-state index contributed by atoms with van der Waals surface area (Å²) in [5, 5.41) is 0. The molecule has 0 aliphatic rings. The summed E-state index contributed by atoms with van der Waals surface area (Å²) in [6, 6.07) is 21.2. The number of rotatable bonds is 8. The summed E-state index contributed by atoms with van der Waals surface area (Å²) in [5.41, 5.74) is 5.57. The van der Waals surface area contributed by atoms with E-state index < -0.39 is 0 Å². The van der Waals surface area contributed by atoms with Crippen LogP contribution in [0.1, 0.15) is 29.9 Å². The molecule has 3 N–H and O–H groups in total. The number of hydrogen-bond donors (Lipinski definition) is 2. The van der Waals surface area contributed by atoms with E-state index in [2.05, 4.69) is 54.0 Å². The zero-order chi connectivity index (χ0) is 14.9. The molecule has 1 unspecified atom stereocenters. The third kappa shape index (κ3) is 4.39. The Balaban J connectivity index is 2.27. The maximum Gasteiger partial charge on any atom is 0.0462 e. The first-order chi connectivity index (χ1) is 10.4. The van der Waals surface area contributed by atoms with Gasteiger partial charge in [-0.25, -0.2) is 0 Å². The topological polar surface area (TPSA) is 47.3 Å². The van der Waals surface area contributed by atoms with E-state index in [1.165, 1.54) is 11.1 Å². The molecule has 3 heteroatoms. The summed E-state index contributed by atoms with van der Waals surface area (Å²) in [6.07, 6.45) is 1.96. The van der Waals surface area contributed by atoms with Crippen LogP contribution in [0.25, 0.3) is 0 Å². The molecule has 0 heterocycles. The summed E-state index contributed by atoms with van der Waals surface area (Å²) in [6.45, 7) is 0.758. The molecule has 1 atom stereocenters. The fourth-order valence-electron chi connectivity index (χ4n) is 2.77. The molecule has 0 bridgehead atoms. The molecule has 0 fully saturated rings. The van der Waals surface area contributed by atoms with Crippen LogP contribution in [0.5, 0.6) is 0 Å². The van der Waals surface area contributed by atoms with Gasteiger partial charge in [0, 0.05) is 25.7 Å². The Kier molecular flexibility index (Phi) is 6.41. The SMILES string of the molecule is COCCCC(NN)C(c1ccccc1)c1ccccc1. The van der Waals surface area contributed by atoms with Crippen LogP contribution in [0.4, 0.5) is 0 Å². The molecule has 0 amide bonds. The lowest BCUT2D eigenvalue weighted by Gasteiger charge is -2.27. The summed E-state index contributed by atoms with van der Waals surface area (Å²) in [5.74, 6) is 6.08. The fraction of sp³-hybridized carbons (Fsp3) is 0.333. The molecule has 0 saturated heterocycles. The summed E-state index contributed by atoms with van der Waals surface area (Å²) >= 11 is 0. The predicted molar refractivity (Wildman–Crippen MR) is 86.9 cm³/mol. The molecular weight excluding hydrogens is 260 g/mol. The number of hydrazine groups is 1. The van der Waals surface area contributed by atoms with Crippen LogP contribution >= 0.6 is 0 Å². The molecule has 2 aromatic rings. The lowest BCUT2D eigenvalue weighted by Crippen LogP contribution is -2.40. The van der Waals surface area contributed by atoms with Crippen LogP contribution in [-0.4, -0.2) is 19.8 Å². The second-order valence-corrected chi connectivity index (χ2v) is 5.21. The standard InChI is InChI=1S/C18H24N2O/c1-21-14-8-13-17(20-19)18(15-9-4-2-5-10-15)16-11-6-3-7-12-16/h2-7,9-12,17-18,20H,8,13-14,19H2,1H3. The summed E-state index contributed by atoms with van der Waals surface area (Å²) in [4.78, 5) is 0. The van der Waals surface area contributed by atoms with Crippen LogP contribution in [-0.2, 0) is 4.74 Å². The van der Waals surface area contributed by atoms with E-state index in [-0.39, 0.29) is 12.0 Å². The van der Waals surface area contributed by atoms with Crippen molar-refractivity contribution in [1.29, 1.82) is 0 Å². The number of benzene rings is 2. The fourth-order valence-corrected chi connectivity index (χ4v) is 2.77. The van der Waals surface area contributed by atoms with Crippen molar-refractivity contribution in [3.63, 3.8) is 0 Å². The average Bonchev–Trinajstić information content (AvgIpc) is 2.56. The van der Waals surface area contributed by atoms with E-state index >= 15 is 0 Å². The van der Waals surface area contributed by atoms with Crippen molar-refractivity contribution in [1.82, 2.24) is 5.43 Å². The van der Waals surface area contributed by atoms with Crippen LogP contribution < -0.4 is 11.3 Å². The Labute approximate surface area is 127 Å². The quantitative estimate of drug-likeness (QED) is 0.445. The summed E-state index contributed by atoms with van der Waals surface area (Å²) < 4.78 is 5.16. The molecule has 3 nitrogen and oxygen atoms in total. The lowest BCUT2D eigenvalue weighted by atomic mass is 9.83. The molecular formula is C18H24N2O. The molecule has 21 heavy (non-hydrogen) atoms. The molecule has 0 saturated carbocycles. The van der Waals surface area contributed by atoms with Crippen molar-refractivity contribution in [3.05, 3.63) is 71.8 Å². The smallest absolute Gasteiger partial charge is 0.0462 e. The van der Waals surface area contributed by atoms with Crippen molar-refractivity contribution < 1.29 is 4.74 Å². The minimum atomic E-state index is 0.185. The second kappa shape index (κ2) is 8.57. The molecule has 0 aromatic heterocycles. The van der Waals surface area contributed by atoms with Gasteiger partial charge in [0.2, 0.25) is 0 Å². The predicted octanol–water partition coefficient (Wildman–Crippen LogP) is 3.08. The largest absolute Gasteiger partial charge is 0.385 e. The summed E-state index contributed by atoms with van der Waals surface area (Å²) in [7, 11) is 1.73. The minimum absolute atomic E-state index is 0.185. The van der Waals surface area contributed by atoms with Crippen molar-refractivity contribution in [2.75, 3.05) is 13.7 Å². The van der Waals surface area contributed by atoms with E-state index in [0.717, 1.165) is 19.4 Å². The van der Waals surface area contributed by atoms with Gasteiger partial charge in [0.1, 0.15) is 0 Å². The van der Waals surface area contributed by atoms with Gasteiger partial charge < -0.3 is 4.74 Å². The van der Waals surface area contributed by atoms with E-state index in [0.29, 0.717) is 0 Å². The van der Waals surface area contributed by atoms with Crippen LogP contribution in [0, 0.1) is 0 Å².